The van der Waals surface area contributed by atoms with Crippen LogP contribution in [-0.2, 0) is 11.3 Å². The molecule has 2 aromatic rings. The van der Waals surface area contributed by atoms with Gasteiger partial charge in [-0.2, -0.15) is 0 Å². The van der Waals surface area contributed by atoms with E-state index in [0.29, 0.717) is 16.7 Å². The number of aromatic carboxylic acids is 1. The molecule has 1 amide bonds. The number of amides is 1. The highest BCUT2D eigenvalue weighted by Gasteiger charge is 2.28. The van der Waals surface area contributed by atoms with E-state index >= 15 is 0 Å². The molecule has 2 N–H and O–H groups in total. The number of halogens is 1. The average molecular weight is 359 g/mol. The molecule has 0 spiro atoms. The van der Waals surface area contributed by atoms with Gasteiger partial charge in [0.05, 0.1) is 6.54 Å². The maximum absolute atomic E-state index is 13.2. The summed E-state index contributed by atoms with van der Waals surface area (Å²) in [5.41, 5.74) is 1.40. The molecule has 136 valence electrons. The fourth-order valence-corrected chi connectivity index (χ4v) is 3.03. The van der Waals surface area contributed by atoms with Gasteiger partial charge >= 0.3 is 5.97 Å². The smallest absolute Gasteiger partial charge is 0.339 e. The number of carbonyl (C=O) groups excluding carboxylic acids is 1. The number of aliphatic hydroxyl groups excluding tert-OH is 1. The predicted molar refractivity (Wildman–Crippen MR) is 90.4 cm³/mol. The van der Waals surface area contributed by atoms with E-state index in [-0.39, 0.29) is 31.0 Å². The lowest BCUT2D eigenvalue weighted by Gasteiger charge is -2.24. The van der Waals surface area contributed by atoms with Crippen molar-refractivity contribution in [1.82, 2.24) is 4.90 Å². The summed E-state index contributed by atoms with van der Waals surface area (Å²) < 4.78 is 18.8. The second kappa shape index (κ2) is 7.13. The molecule has 1 heterocycles. The molecule has 1 aliphatic rings. The maximum atomic E-state index is 13.2. The van der Waals surface area contributed by atoms with E-state index in [1.807, 2.05) is 0 Å². The van der Waals surface area contributed by atoms with Crippen LogP contribution in [0.15, 0.2) is 36.4 Å². The van der Waals surface area contributed by atoms with Crippen LogP contribution in [0.5, 0.6) is 5.75 Å². The zero-order chi connectivity index (χ0) is 18.8. The van der Waals surface area contributed by atoms with Crippen LogP contribution in [0, 0.1) is 12.7 Å². The Bertz CT molecular complexity index is 867. The number of aliphatic hydroxyl groups is 1. The highest BCUT2D eigenvalue weighted by Crippen LogP contribution is 2.29. The van der Waals surface area contributed by atoms with Gasteiger partial charge in [0, 0.05) is 12.1 Å². The Morgan fingerprint density at radius 2 is 2.04 bits per heavy atom. The van der Waals surface area contributed by atoms with Crippen molar-refractivity contribution < 1.29 is 28.9 Å². The van der Waals surface area contributed by atoms with Crippen LogP contribution in [0.3, 0.4) is 0 Å². The van der Waals surface area contributed by atoms with Gasteiger partial charge in [-0.3, -0.25) is 4.79 Å². The Kier molecular flexibility index (Phi) is 4.90. The van der Waals surface area contributed by atoms with Crippen molar-refractivity contribution in [1.29, 1.82) is 0 Å². The van der Waals surface area contributed by atoms with Gasteiger partial charge in [0.25, 0.3) is 5.91 Å². The van der Waals surface area contributed by atoms with Crippen molar-refractivity contribution in [3.05, 3.63) is 64.5 Å². The number of hydrogen-bond donors (Lipinski definition) is 2. The van der Waals surface area contributed by atoms with E-state index in [4.69, 9.17) is 4.74 Å². The van der Waals surface area contributed by atoms with E-state index in [1.165, 1.54) is 29.2 Å². The van der Waals surface area contributed by atoms with Crippen molar-refractivity contribution >= 4 is 11.9 Å². The molecule has 0 fully saturated rings. The molecule has 1 aliphatic heterocycles. The van der Waals surface area contributed by atoms with Crippen LogP contribution < -0.4 is 4.74 Å². The zero-order valence-corrected chi connectivity index (χ0v) is 14.1. The molecule has 6 nitrogen and oxygen atoms in total. The second-order valence-corrected chi connectivity index (χ2v) is 6.11. The minimum absolute atomic E-state index is 0.0340. The lowest BCUT2D eigenvalue weighted by atomic mass is 10.0. The molecule has 0 saturated carbocycles. The zero-order valence-electron chi connectivity index (χ0n) is 14.1. The van der Waals surface area contributed by atoms with E-state index in [9.17, 15) is 24.2 Å². The van der Waals surface area contributed by atoms with Gasteiger partial charge < -0.3 is 19.8 Å². The second-order valence-electron chi connectivity index (χ2n) is 6.11. The van der Waals surface area contributed by atoms with Crippen LogP contribution in [-0.4, -0.2) is 40.1 Å². The molecule has 26 heavy (non-hydrogen) atoms. The number of carboxylic acid groups (broad SMARTS) is 1. The molecule has 7 heteroatoms. The normalized spacial score (nSPS) is 14.8. The Morgan fingerprint density at radius 1 is 1.27 bits per heavy atom. The SMILES string of the molecule is Cc1cc(F)ccc1C(O)C(=O)N1CCOc2c(cccc2C(=O)O)C1. The molecule has 3 rings (SSSR count). The fourth-order valence-electron chi connectivity index (χ4n) is 3.03. The number of benzene rings is 2. The Hall–Kier alpha value is -2.93. The fraction of sp³-hybridized carbons (Fsp3) is 0.263. The standard InChI is InChI=1S/C19H18FNO5/c1-11-9-13(20)5-6-14(11)16(22)18(23)21-7-8-26-17-12(10-21)3-2-4-15(17)19(24)25/h2-6,9,16,22H,7-8,10H2,1H3,(H,24,25). The van der Waals surface area contributed by atoms with Crippen LogP contribution in [0.1, 0.15) is 33.2 Å². The first-order chi connectivity index (χ1) is 12.4. The summed E-state index contributed by atoms with van der Waals surface area (Å²) in [4.78, 5) is 25.5. The van der Waals surface area contributed by atoms with Crippen molar-refractivity contribution in [2.75, 3.05) is 13.2 Å². The van der Waals surface area contributed by atoms with Gasteiger partial charge in [0.2, 0.25) is 0 Å². The van der Waals surface area contributed by atoms with Crippen LogP contribution in [0.25, 0.3) is 0 Å². The molecule has 0 radical (unpaired) electrons. The van der Waals surface area contributed by atoms with Crippen LogP contribution in [0.2, 0.25) is 0 Å². The summed E-state index contributed by atoms with van der Waals surface area (Å²) in [6, 6.07) is 8.54. The Balaban J connectivity index is 1.86. The Morgan fingerprint density at radius 3 is 2.73 bits per heavy atom. The van der Waals surface area contributed by atoms with E-state index in [2.05, 4.69) is 0 Å². The third kappa shape index (κ3) is 3.39. The van der Waals surface area contributed by atoms with Gasteiger partial charge in [-0.1, -0.05) is 18.2 Å². The van der Waals surface area contributed by atoms with Gasteiger partial charge in [-0.15, -0.1) is 0 Å². The number of carbonyl (C=O) groups is 2. The first-order valence-corrected chi connectivity index (χ1v) is 8.09. The van der Waals surface area contributed by atoms with Gasteiger partial charge in [0.15, 0.2) is 6.10 Å². The largest absolute Gasteiger partial charge is 0.490 e. The summed E-state index contributed by atoms with van der Waals surface area (Å²) >= 11 is 0. The number of aryl methyl sites for hydroxylation is 1. The molecule has 1 atom stereocenters. The molecule has 0 bridgehead atoms. The summed E-state index contributed by atoms with van der Waals surface area (Å²) in [5.74, 6) is -1.85. The lowest BCUT2D eigenvalue weighted by Crippen LogP contribution is -2.36. The third-order valence-electron chi connectivity index (χ3n) is 4.37. The van der Waals surface area contributed by atoms with Crippen LogP contribution >= 0.6 is 0 Å². The van der Waals surface area contributed by atoms with E-state index in [1.54, 1.807) is 19.1 Å². The van der Waals surface area contributed by atoms with Crippen LogP contribution in [0.4, 0.5) is 4.39 Å². The number of ether oxygens (including phenoxy) is 1. The van der Waals surface area contributed by atoms with E-state index < -0.39 is 23.8 Å². The van der Waals surface area contributed by atoms with E-state index in [0.717, 1.165) is 0 Å². The number of hydrogen-bond acceptors (Lipinski definition) is 4. The molecular weight excluding hydrogens is 341 g/mol. The molecule has 2 aromatic carbocycles. The Labute approximate surface area is 149 Å². The summed E-state index contributed by atoms with van der Waals surface area (Å²) in [6.45, 7) is 2.05. The van der Waals surface area contributed by atoms with Crippen molar-refractivity contribution in [2.24, 2.45) is 0 Å². The van der Waals surface area contributed by atoms with Gasteiger partial charge in [-0.25, -0.2) is 9.18 Å². The highest BCUT2D eigenvalue weighted by atomic mass is 19.1. The highest BCUT2D eigenvalue weighted by molar-refractivity contribution is 5.91. The number of para-hydroxylation sites is 1. The predicted octanol–water partition coefficient (Wildman–Crippen LogP) is 2.29. The molecule has 1 unspecified atom stereocenters. The van der Waals surface area contributed by atoms with Crippen molar-refractivity contribution in [3.63, 3.8) is 0 Å². The summed E-state index contributed by atoms with van der Waals surface area (Å²) in [7, 11) is 0. The summed E-state index contributed by atoms with van der Waals surface area (Å²) in [6.07, 6.45) is -1.43. The minimum atomic E-state index is -1.43. The van der Waals surface area contributed by atoms with Crippen molar-refractivity contribution in [3.8, 4) is 5.75 Å². The first kappa shape index (κ1) is 17.9. The number of nitrogens with zero attached hydrogens (tertiary/aromatic N) is 1. The first-order valence-electron chi connectivity index (χ1n) is 8.09. The minimum Gasteiger partial charge on any atom is -0.490 e. The summed E-state index contributed by atoms with van der Waals surface area (Å²) in [5, 5.41) is 19.7. The lowest BCUT2D eigenvalue weighted by molar-refractivity contribution is -0.141. The molecule has 0 saturated heterocycles. The maximum Gasteiger partial charge on any atom is 0.339 e. The molecule has 0 aliphatic carbocycles. The van der Waals surface area contributed by atoms with Gasteiger partial charge in [0.1, 0.15) is 23.7 Å². The molecular formula is C19H18FNO5. The monoisotopic (exact) mass is 359 g/mol. The third-order valence-corrected chi connectivity index (χ3v) is 4.37. The number of fused-ring (bicyclic) bond motifs is 1. The number of carboxylic acids is 1. The van der Waals surface area contributed by atoms with Gasteiger partial charge in [-0.05, 0) is 36.2 Å². The number of rotatable bonds is 3. The topological polar surface area (TPSA) is 87.1 Å². The molecule has 0 aromatic heterocycles. The average Bonchev–Trinajstić information content (AvgIpc) is 2.82. The van der Waals surface area contributed by atoms with Crippen molar-refractivity contribution in [2.45, 2.75) is 19.6 Å². The quantitative estimate of drug-likeness (QED) is 0.878.